The molecule has 1 aliphatic heterocycles. The van der Waals surface area contributed by atoms with Crippen molar-refractivity contribution in [3.8, 4) is 0 Å². The number of rotatable bonds is 1. The number of fused-ring (bicyclic) bond motifs is 1. The summed E-state index contributed by atoms with van der Waals surface area (Å²) in [6, 6.07) is 5.49. The lowest BCUT2D eigenvalue weighted by Crippen LogP contribution is -2.22. The number of para-hydroxylation sites is 1. The molecule has 0 aliphatic carbocycles. The molecule has 17 heavy (non-hydrogen) atoms. The van der Waals surface area contributed by atoms with Crippen LogP contribution in [0.4, 0.5) is 6.01 Å². The van der Waals surface area contributed by atoms with Gasteiger partial charge in [-0.05, 0) is 25.0 Å². The summed E-state index contributed by atoms with van der Waals surface area (Å²) in [6.07, 6.45) is 2.21. The van der Waals surface area contributed by atoms with Gasteiger partial charge in [0.2, 0.25) is 0 Å². The second kappa shape index (κ2) is 4.04. The molecule has 1 aromatic carbocycles. The maximum Gasteiger partial charge on any atom is 0.301 e. The molecule has 3 rings (SSSR count). The third-order valence-corrected chi connectivity index (χ3v) is 3.26. The number of halogens is 1. The first-order valence-electron chi connectivity index (χ1n) is 5.60. The minimum Gasteiger partial charge on any atom is -0.423 e. The van der Waals surface area contributed by atoms with Crippen LogP contribution in [0.15, 0.2) is 27.4 Å². The maximum absolute atomic E-state index is 11.9. The van der Waals surface area contributed by atoms with Crippen molar-refractivity contribution in [1.29, 1.82) is 0 Å². The first kappa shape index (κ1) is 10.6. The highest BCUT2D eigenvalue weighted by molar-refractivity contribution is 6.34. The van der Waals surface area contributed by atoms with Crippen LogP contribution in [0.5, 0.6) is 0 Å². The molecule has 1 aliphatic rings. The van der Waals surface area contributed by atoms with Crippen LogP contribution >= 0.6 is 11.6 Å². The number of hydrogen-bond acceptors (Lipinski definition) is 4. The highest BCUT2D eigenvalue weighted by Crippen LogP contribution is 2.25. The number of nitrogens with zero attached hydrogens (tertiary/aromatic N) is 2. The summed E-state index contributed by atoms with van der Waals surface area (Å²) in [5.74, 6) is 0. The lowest BCUT2D eigenvalue weighted by molar-refractivity contribution is 0.562. The lowest BCUT2D eigenvalue weighted by atomic mass is 10.2. The molecule has 5 heteroatoms. The van der Waals surface area contributed by atoms with Crippen molar-refractivity contribution >= 4 is 28.6 Å². The third-order valence-electron chi connectivity index (χ3n) is 2.96. The average Bonchev–Trinajstić information content (AvgIpc) is 2.84. The summed E-state index contributed by atoms with van der Waals surface area (Å²) in [4.78, 5) is 17.8. The minimum atomic E-state index is -0.282. The van der Waals surface area contributed by atoms with Gasteiger partial charge in [0, 0.05) is 13.1 Å². The van der Waals surface area contributed by atoms with E-state index in [9.17, 15) is 4.79 Å². The van der Waals surface area contributed by atoms with Crippen molar-refractivity contribution in [2.75, 3.05) is 18.0 Å². The molecule has 0 bridgehead atoms. The van der Waals surface area contributed by atoms with E-state index in [1.807, 2.05) is 4.90 Å². The van der Waals surface area contributed by atoms with Crippen LogP contribution in [0.1, 0.15) is 12.8 Å². The van der Waals surface area contributed by atoms with Gasteiger partial charge in [-0.2, -0.15) is 4.98 Å². The van der Waals surface area contributed by atoms with E-state index in [-0.39, 0.29) is 5.56 Å². The van der Waals surface area contributed by atoms with Crippen molar-refractivity contribution in [3.05, 3.63) is 33.6 Å². The second-order valence-corrected chi connectivity index (χ2v) is 4.52. The molecule has 1 fully saturated rings. The molecule has 2 heterocycles. The normalized spacial score (nSPS) is 15.7. The fourth-order valence-corrected chi connectivity index (χ4v) is 2.30. The molecule has 0 spiro atoms. The average molecular weight is 251 g/mol. The lowest BCUT2D eigenvalue weighted by Gasteiger charge is -2.14. The standard InChI is InChI=1S/C12H11ClN2O2/c13-9-5-3-4-8-10(9)17-12(14-11(8)16)15-6-1-2-7-15/h3-5H,1-2,6-7H2. The molecule has 1 aromatic heterocycles. The number of benzene rings is 1. The fraction of sp³-hybridized carbons (Fsp3) is 0.333. The summed E-state index contributed by atoms with van der Waals surface area (Å²) in [7, 11) is 0. The first-order chi connectivity index (χ1) is 8.25. The van der Waals surface area contributed by atoms with Gasteiger partial charge in [-0.25, -0.2) is 0 Å². The summed E-state index contributed by atoms with van der Waals surface area (Å²) in [6.45, 7) is 1.76. The van der Waals surface area contributed by atoms with Crippen LogP contribution < -0.4 is 10.5 Å². The van der Waals surface area contributed by atoms with Gasteiger partial charge in [-0.3, -0.25) is 4.79 Å². The molecular weight excluding hydrogens is 240 g/mol. The Morgan fingerprint density at radius 3 is 2.82 bits per heavy atom. The summed E-state index contributed by atoms with van der Waals surface area (Å²) >= 11 is 6.03. The Morgan fingerprint density at radius 2 is 2.06 bits per heavy atom. The van der Waals surface area contributed by atoms with E-state index >= 15 is 0 Å². The molecule has 0 N–H and O–H groups in total. The SMILES string of the molecule is O=c1nc(N2CCCC2)oc2c(Cl)cccc12. The van der Waals surface area contributed by atoms with Gasteiger partial charge in [-0.15, -0.1) is 0 Å². The molecule has 1 saturated heterocycles. The fourth-order valence-electron chi connectivity index (χ4n) is 2.09. The Bertz CT molecular complexity index is 617. The highest BCUT2D eigenvalue weighted by Gasteiger charge is 2.18. The predicted octanol–water partition coefficient (Wildman–Crippen LogP) is 2.44. The van der Waals surface area contributed by atoms with Crippen molar-refractivity contribution in [1.82, 2.24) is 4.98 Å². The largest absolute Gasteiger partial charge is 0.423 e. The van der Waals surface area contributed by atoms with E-state index in [0.717, 1.165) is 25.9 Å². The van der Waals surface area contributed by atoms with E-state index in [0.29, 0.717) is 22.0 Å². The second-order valence-electron chi connectivity index (χ2n) is 4.11. The van der Waals surface area contributed by atoms with Gasteiger partial charge >= 0.3 is 6.01 Å². The smallest absolute Gasteiger partial charge is 0.301 e. The van der Waals surface area contributed by atoms with E-state index in [4.69, 9.17) is 16.0 Å². The topological polar surface area (TPSA) is 46.3 Å². The Hall–Kier alpha value is -1.55. The highest BCUT2D eigenvalue weighted by atomic mass is 35.5. The van der Waals surface area contributed by atoms with Crippen molar-refractivity contribution in [2.24, 2.45) is 0 Å². The predicted molar refractivity (Wildman–Crippen MR) is 66.7 cm³/mol. The van der Waals surface area contributed by atoms with Crippen LogP contribution in [0, 0.1) is 0 Å². The monoisotopic (exact) mass is 250 g/mol. The molecular formula is C12H11ClN2O2. The number of anilines is 1. The van der Waals surface area contributed by atoms with Crippen LogP contribution in [-0.4, -0.2) is 18.1 Å². The van der Waals surface area contributed by atoms with Gasteiger partial charge in [-0.1, -0.05) is 17.7 Å². The number of aromatic nitrogens is 1. The minimum absolute atomic E-state index is 0.282. The van der Waals surface area contributed by atoms with E-state index in [1.54, 1.807) is 18.2 Å². The van der Waals surface area contributed by atoms with Crippen LogP contribution in [0.2, 0.25) is 5.02 Å². The van der Waals surface area contributed by atoms with Crippen LogP contribution in [-0.2, 0) is 0 Å². The molecule has 4 nitrogen and oxygen atoms in total. The molecule has 0 radical (unpaired) electrons. The van der Waals surface area contributed by atoms with E-state index < -0.39 is 0 Å². The zero-order chi connectivity index (χ0) is 11.8. The Kier molecular flexibility index (Phi) is 2.52. The van der Waals surface area contributed by atoms with Gasteiger partial charge < -0.3 is 9.32 Å². The summed E-state index contributed by atoms with van der Waals surface area (Å²) in [5, 5.41) is 0.878. The van der Waals surface area contributed by atoms with Crippen LogP contribution in [0.25, 0.3) is 11.0 Å². The molecule has 2 aromatic rings. The zero-order valence-electron chi connectivity index (χ0n) is 9.15. The van der Waals surface area contributed by atoms with Crippen LogP contribution in [0.3, 0.4) is 0 Å². The zero-order valence-corrected chi connectivity index (χ0v) is 9.91. The van der Waals surface area contributed by atoms with E-state index in [1.165, 1.54) is 0 Å². The molecule has 0 unspecified atom stereocenters. The summed E-state index contributed by atoms with van der Waals surface area (Å²) < 4.78 is 5.64. The Balaban J connectivity index is 2.22. The molecule has 0 atom stereocenters. The van der Waals surface area contributed by atoms with Crippen molar-refractivity contribution in [3.63, 3.8) is 0 Å². The van der Waals surface area contributed by atoms with E-state index in [2.05, 4.69) is 4.98 Å². The quantitative estimate of drug-likeness (QED) is 0.780. The van der Waals surface area contributed by atoms with Gasteiger partial charge in [0.15, 0.2) is 5.58 Å². The van der Waals surface area contributed by atoms with Crippen molar-refractivity contribution < 1.29 is 4.42 Å². The third kappa shape index (κ3) is 1.78. The number of hydrogen-bond donors (Lipinski definition) is 0. The Morgan fingerprint density at radius 1 is 1.29 bits per heavy atom. The van der Waals surface area contributed by atoms with Gasteiger partial charge in [0.1, 0.15) is 0 Å². The van der Waals surface area contributed by atoms with Crippen molar-refractivity contribution in [2.45, 2.75) is 12.8 Å². The Labute approximate surface area is 103 Å². The maximum atomic E-state index is 11.9. The first-order valence-corrected chi connectivity index (χ1v) is 5.98. The molecule has 0 amide bonds. The molecule has 0 saturated carbocycles. The van der Waals surface area contributed by atoms with Gasteiger partial charge in [0.25, 0.3) is 5.56 Å². The van der Waals surface area contributed by atoms with Gasteiger partial charge in [0.05, 0.1) is 10.4 Å². The molecule has 88 valence electrons. The summed E-state index contributed by atoms with van der Waals surface area (Å²) in [5.41, 5.74) is 0.145.